The lowest BCUT2D eigenvalue weighted by Gasteiger charge is -2.27. The lowest BCUT2D eigenvalue weighted by Crippen LogP contribution is -2.22. The Balaban J connectivity index is 2.21. The molecule has 0 aliphatic carbocycles. The molecule has 2 nitrogen and oxygen atoms in total. The van der Waals surface area contributed by atoms with Gasteiger partial charge >= 0.3 is 0 Å². The molecule has 1 atom stereocenters. The first-order valence-corrected chi connectivity index (χ1v) is 4.53. The summed E-state index contributed by atoms with van der Waals surface area (Å²) in [5.41, 5.74) is 0. The van der Waals surface area contributed by atoms with Gasteiger partial charge in [-0.15, -0.1) is 0 Å². The normalized spacial score (nSPS) is 23.5. The number of aliphatic hydroxyl groups excluding tert-OH is 1. The molecule has 0 aromatic rings. The van der Waals surface area contributed by atoms with Gasteiger partial charge < -0.3 is 9.84 Å². The molecular formula is C9H18O2. The van der Waals surface area contributed by atoms with Gasteiger partial charge in [0.15, 0.2) is 0 Å². The predicted octanol–water partition coefficient (Wildman–Crippen LogP) is 1.43. The minimum absolute atomic E-state index is 0.332. The second kappa shape index (κ2) is 4.73. The smallest absolute Gasteiger partial charge is 0.0468 e. The molecule has 0 spiro atoms. The summed E-state index contributed by atoms with van der Waals surface area (Å²) in [6.45, 7) is 4.39. The van der Waals surface area contributed by atoms with E-state index in [1.807, 2.05) is 0 Å². The maximum absolute atomic E-state index is 8.74. The summed E-state index contributed by atoms with van der Waals surface area (Å²) in [5, 5.41) is 8.74. The number of ether oxygens (including phenoxy) is 1. The third-order valence-electron chi connectivity index (χ3n) is 2.66. The molecule has 1 fully saturated rings. The van der Waals surface area contributed by atoms with Gasteiger partial charge in [-0.3, -0.25) is 0 Å². The van der Waals surface area contributed by atoms with Crippen molar-refractivity contribution in [3.05, 3.63) is 0 Å². The van der Waals surface area contributed by atoms with Crippen molar-refractivity contribution in [1.82, 2.24) is 0 Å². The maximum atomic E-state index is 8.74. The van der Waals surface area contributed by atoms with Gasteiger partial charge in [0.1, 0.15) is 0 Å². The summed E-state index contributed by atoms with van der Waals surface area (Å²) in [4.78, 5) is 0. The van der Waals surface area contributed by atoms with Crippen LogP contribution in [0.4, 0.5) is 0 Å². The average molecular weight is 158 g/mol. The van der Waals surface area contributed by atoms with Crippen molar-refractivity contribution in [1.29, 1.82) is 0 Å². The first kappa shape index (κ1) is 9.01. The van der Waals surface area contributed by atoms with Gasteiger partial charge in [-0.1, -0.05) is 6.92 Å². The van der Waals surface area contributed by atoms with Gasteiger partial charge in [-0.25, -0.2) is 0 Å². The van der Waals surface area contributed by atoms with Crippen LogP contribution in [0.1, 0.15) is 26.2 Å². The Bertz CT molecular complexity index is 97.7. The Labute approximate surface area is 68.6 Å². The van der Waals surface area contributed by atoms with Crippen LogP contribution in [0.25, 0.3) is 0 Å². The maximum Gasteiger partial charge on any atom is 0.0468 e. The van der Waals surface area contributed by atoms with Gasteiger partial charge in [0.2, 0.25) is 0 Å². The predicted molar refractivity (Wildman–Crippen MR) is 44.4 cm³/mol. The quantitative estimate of drug-likeness (QED) is 0.673. The van der Waals surface area contributed by atoms with Crippen molar-refractivity contribution in [2.24, 2.45) is 11.8 Å². The van der Waals surface area contributed by atoms with E-state index in [-0.39, 0.29) is 0 Å². The minimum Gasteiger partial charge on any atom is -0.396 e. The van der Waals surface area contributed by atoms with E-state index in [4.69, 9.17) is 9.84 Å². The first-order chi connectivity index (χ1) is 5.34. The van der Waals surface area contributed by atoms with Crippen molar-refractivity contribution < 1.29 is 9.84 Å². The molecule has 1 aliphatic heterocycles. The van der Waals surface area contributed by atoms with Crippen LogP contribution in [0.3, 0.4) is 0 Å². The summed E-state index contributed by atoms with van der Waals surface area (Å²) < 4.78 is 5.27. The van der Waals surface area contributed by atoms with Gasteiger partial charge in [0.05, 0.1) is 0 Å². The number of aliphatic hydroxyl groups is 1. The van der Waals surface area contributed by atoms with Gasteiger partial charge in [-0.05, 0) is 31.1 Å². The largest absolute Gasteiger partial charge is 0.396 e. The molecule has 1 N–H and O–H groups in total. The van der Waals surface area contributed by atoms with Crippen LogP contribution in [0.15, 0.2) is 0 Å². The van der Waals surface area contributed by atoms with E-state index in [1.54, 1.807) is 0 Å². The molecular weight excluding hydrogens is 140 g/mol. The fraction of sp³-hybridized carbons (Fsp3) is 1.00. The Morgan fingerprint density at radius 3 is 2.64 bits per heavy atom. The third kappa shape index (κ3) is 2.80. The van der Waals surface area contributed by atoms with Crippen molar-refractivity contribution in [2.45, 2.75) is 26.2 Å². The third-order valence-corrected chi connectivity index (χ3v) is 2.66. The summed E-state index contributed by atoms with van der Waals surface area (Å²) in [6, 6.07) is 0. The van der Waals surface area contributed by atoms with E-state index >= 15 is 0 Å². The van der Waals surface area contributed by atoms with Crippen LogP contribution in [-0.2, 0) is 4.74 Å². The van der Waals surface area contributed by atoms with Gasteiger partial charge in [0.25, 0.3) is 0 Å². The highest BCUT2D eigenvalue weighted by molar-refractivity contribution is 4.69. The molecule has 0 aromatic carbocycles. The molecule has 0 saturated carbocycles. The molecule has 2 heteroatoms. The van der Waals surface area contributed by atoms with E-state index in [0.717, 1.165) is 25.6 Å². The fourth-order valence-electron chi connectivity index (χ4n) is 1.72. The molecule has 66 valence electrons. The van der Waals surface area contributed by atoms with Crippen LogP contribution >= 0.6 is 0 Å². The van der Waals surface area contributed by atoms with Gasteiger partial charge in [0, 0.05) is 19.8 Å². The van der Waals surface area contributed by atoms with Gasteiger partial charge in [-0.2, -0.15) is 0 Å². The number of hydrogen-bond donors (Lipinski definition) is 1. The highest BCUT2D eigenvalue weighted by Gasteiger charge is 2.19. The average Bonchev–Trinajstić information content (AvgIpc) is 2.07. The molecule has 0 radical (unpaired) electrons. The highest BCUT2D eigenvalue weighted by Crippen LogP contribution is 2.25. The molecule has 0 amide bonds. The zero-order valence-corrected chi connectivity index (χ0v) is 7.25. The van der Waals surface area contributed by atoms with E-state index in [1.165, 1.54) is 12.8 Å². The molecule has 1 aliphatic rings. The van der Waals surface area contributed by atoms with Crippen LogP contribution < -0.4 is 0 Å². The Kier molecular flexibility index (Phi) is 3.87. The van der Waals surface area contributed by atoms with Crippen LogP contribution in [0, 0.1) is 11.8 Å². The van der Waals surface area contributed by atoms with E-state index in [9.17, 15) is 0 Å². The fourth-order valence-corrected chi connectivity index (χ4v) is 1.72. The molecule has 0 bridgehead atoms. The standard InChI is InChI=1S/C9H18O2/c1-8(2-5-10)9-3-6-11-7-4-9/h8-10H,2-7H2,1H3. The summed E-state index contributed by atoms with van der Waals surface area (Å²) >= 11 is 0. The molecule has 1 rings (SSSR count). The van der Waals surface area contributed by atoms with Crippen LogP contribution in [-0.4, -0.2) is 24.9 Å². The van der Waals surface area contributed by atoms with Crippen LogP contribution in [0.2, 0.25) is 0 Å². The highest BCUT2D eigenvalue weighted by atomic mass is 16.5. The second-order valence-electron chi connectivity index (χ2n) is 3.44. The number of hydrogen-bond acceptors (Lipinski definition) is 2. The van der Waals surface area contributed by atoms with E-state index in [0.29, 0.717) is 12.5 Å². The SMILES string of the molecule is CC(CCO)C1CCOCC1. The molecule has 1 unspecified atom stereocenters. The summed E-state index contributed by atoms with van der Waals surface area (Å²) in [6.07, 6.45) is 3.31. The second-order valence-corrected chi connectivity index (χ2v) is 3.44. The molecule has 1 heterocycles. The zero-order valence-electron chi connectivity index (χ0n) is 7.25. The lowest BCUT2D eigenvalue weighted by atomic mass is 9.85. The van der Waals surface area contributed by atoms with Crippen molar-refractivity contribution >= 4 is 0 Å². The molecule has 11 heavy (non-hydrogen) atoms. The summed E-state index contributed by atoms with van der Waals surface area (Å²) in [5.74, 6) is 1.46. The Morgan fingerprint density at radius 2 is 2.09 bits per heavy atom. The Hall–Kier alpha value is -0.0800. The van der Waals surface area contributed by atoms with Crippen molar-refractivity contribution in [3.63, 3.8) is 0 Å². The van der Waals surface area contributed by atoms with E-state index in [2.05, 4.69) is 6.92 Å². The Morgan fingerprint density at radius 1 is 1.45 bits per heavy atom. The number of rotatable bonds is 3. The first-order valence-electron chi connectivity index (χ1n) is 4.53. The van der Waals surface area contributed by atoms with E-state index < -0.39 is 0 Å². The molecule has 0 aromatic heterocycles. The minimum atomic E-state index is 0.332. The monoisotopic (exact) mass is 158 g/mol. The summed E-state index contributed by atoms with van der Waals surface area (Å²) in [7, 11) is 0. The molecule has 1 saturated heterocycles. The van der Waals surface area contributed by atoms with Crippen molar-refractivity contribution in [2.75, 3.05) is 19.8 Å². The zero-order chi connectivity index (χ0) is 8.10. The van der Waals surface area contributed by atoms with Crippen molar-refractivity contribution in [3.8, 4) is 0 Å². The topological polar surface area (TPSA) is 29.5 Å². The lowest BCUT2D eigenvalue weighted by molar-refractivity contribution is 0.0449. The van der Waals surface area contributed by atoms with Crippen LogP contribution in [0.5, 0.6) is 0 Å².